The molecule has 0 aliphatic rings. The molecule has 0 bridgehead atoms. The van der Waals surface area contributed by atoms with E-state index in [1.807, 2.05) is 56.4 Å². The Bertz CT molecular complexity index is 565. The fourth-order valence-electron chi connectivity index (χ4n) is 2.52. The number of thioether (sulfide) groups is 1. The lowest BCUT2D eigenvalue weighted by atomic mass is 10.1. The van der Waals surface area contributed by atoms with Crippen LogP contribution < -0.4 is 0 Å². The Balaban J connectivity index is 3.96. The molecule has 162 valence electrons. The Labute approximate surface area is 183 Å². The Hall–Kier alpha value is -1.74. The predicted octanol–water partition coefficient (Wildman–Crippen LogP) is 8.11. The molecule has 0 unspecified atom stereocenters. The van der Waals surface area contributed by atoms with E-state index < -0.39 is 0 Å². The maximum atomic E-state index is 11.8. The van der Waals surface area contributed by atoms with Gasteiger partial charge < -0.3 is 4.74 Å². The smallest absolute Gasteiger partial charge is 0.344 e. The summed E-state index contributed by atoms with van der Waals surface area (Å²) in [5, 5.41) is 0. The van der Waals surface area contributed by atoms with Gasteiger partial charge in [-0.2, -0.15) is 0 Å². The van der Waals surface area contributed by atoms with Crippen LogP contribution in [-0.4, -0.2) is 18.3 Å². The van der Waals surface area contributed by atoms with E-state index in [0.29, 0.717) is 11.5 Å². The number of rotatable bonds is 17. The van der Waals surface area contributed by atoms with E-state index in [1.54, 1.807) is 6.08 Å². The Kier molecular flexibility index (Phi) is 21.2. The lowest BCUT2D eigenvalue weighted by molar-refractivity contribution is -0.137. The maximum Gasteiger partial charge on any atom is 0.344 e. The van der Waals surface area contributed by atoms with E-state index in [4.69, 9.17) is 4.74 Å². The zero-order chi connectivity index (χ0) is 21.4. The highest BCUT2D eigenvalue weighted by atomic mass is 32.2. The van der Waals surface area contributed by atoms with Crippen molar-refractivity contribution in [3.8, 4) is 0 Å². The first-order valence-corrected chi connectivity index (χ1v) is 12.1. The van der Waals surface area contributed by atoms with Crippen molar-refractivity contribution >= 4 is 17.7 Å². The third-order valence-electron chi connectivity index (χ3n) is 4.02. The number of carbonyl (C=O) groups excluding carboxylic acids is 1. The van der Waals surface area contributed by atoms with Crippen molar-refractivity contribution < 1.29 is 9.53 Å². The van der Waals surface area contributed by atoms with E-state index in [-0.39, 0.29) is 5.97 Å². The van der Waals surface area contributed by atoms with E-state index in [9.17, 15) is 4.79 Å². The fraction of sp³-hybridized carbons (Fsp3) is 0.500. The third kappa shape index (κ3) is 19.4. The minimum Gasteiger partial charge on any atom is -0.462 e. The number of unbranched alkanes of at least 4 members (excludes halogenated alkanes) is 7. The molecule has 0 aromatic rings. The molecule has 0 saturated carbocycles. The van der Waals surface area contributed by atoms with Gasteiger partial charge in [0, 0.05) is 0 Å². The van der Waals surface area contributed by atoms with Crippen molar-refractivity contribution in [2.75, 3.05) is 12.4 Å². The first kappa shape index (κ1) is 27.3. The van der Waals surface area contributed by atoms with Crippen LogP contribution in [0.2, 0.25) is 0 Å². The average Bonchev–Trinajstić information content (AvgIpc) is 2.72. The normalized spacial score (nSPS) is 13.1. The van der Waals surface area contributed by atoms with Crippen LogP contribution in [0.4, 0.5) is 0 Å². The van der Waals surface area contributed by atoms with Gasteiger partial charge in [-0.3, -0.25) is 0 Å². The molecule has 2 nitrogen and oxygen atoms in total. The molecule has 0 fully saturated rings. The summed E-state index contributed by atoms with van der Waals surface area (Å²) in [4.78, 5) is 12.4. The van der Waals surface area contributed by atoms with Crippen LogP contribution in [-0.2, 0) is 9.53 Å². The van der Waals surface area contributed by atoms with Gasteiger partial charge in [0.2, 0.25) is 0 Å². The summed E-state index contributed by atoms with van der Waals surface area (Å²) in [5.41, 5.74) is 0. The van der Waals surface area contributed by atoms with Crippen LogP contribution in [0, 0.1) is 0 Å². The molecule has 29 heavy (non-hydrogen) atoms. The highest BCUT2D eigenvalue weighted by molar-refractivity contribution is 8.03. The molecule has 0 radical (unpaired) electrons. The molecule has 0 heterocycles. The molecule has 0 saturated heterocycles. The first-order chi connectivity index (χ1) is 14.3. The van der Waals surface area contributed by atoms with Crippen molar-refractivity contribution in [1.82, 2.24) is 0 Å². The highest BCUT2D eigenvalue weighted by Gasteiger charge is 2.08. The van der Waals surface area contributed by atoms with Crippen LogP contribution in [0.25, 0.3) is 0 Å². The molecule has 0 aliphatic carbocycles. The number of hydrogen-bond donors (Lipinski definition) is 0. The van der Waals surface area contributed by atoms with Gasteiger partial charge in [-0.05, 0) is 31.6 Å². The molecule has 0 rings (SSSR count). The minimum absolute atomic E-state index is 0.252. The van der Waals surface area contributed by atoms with Crippen molar-refractivity contribution in [2.45, 2.75) is 72.1 Å². The molecule has 0 amide bonds. The van der Waals surface area contributed by atoms with Crippen molar-refractivity contribution in [3.05, 3.63) is 71.7 Å². The highest BCUT2D eigenvalue weighted by Crippen LogP contribution is 2.16. The second-order valence-corrected chi connectivity index (χ2v) is 7.87. The summed E-state index contributed by atoms with van der Waals surface area (Å²) in [6.45, 7) is 6.50. The lowest BCUT2D eigenvalue weighted by Crippen LogP contribution is -2.05. The predicted molar refractivity (Wildman–Crippen MR) is 131 cm³/mol. The average molecular weight is 417 g/mol. The summed E-state index contributed by atoms with van der Waals surface area (Å²) >= 11 is 1.50. The third-order valence-corrected chi connectivity index (χ3v) is 4.93. The molecule has 0 aliphatic heterocycles. The second-order valence-electron chi connectivity index (χ2n) is 6.56. The monoisotopic (exact) mass is 416 g/mol. The van der Waals surface area contributed by atoms with Gasteiger partial charge in [-0.1, -0.05) is 113 Å². The summed E-state index contributed by atoms with van der Waals surface area (Å²) in [6.07, 6.45) is 32.6. The molecular formula is C26H40O2S. The number of allylic oxidation sites excluding steroid dienone is 11. The van der Waals surface area contributed by atoms with Gasteiger partial charge in [0.15, 0.2) is 0 Å². The Morgan fingerprint density at radius 3 is 1.86 bits per heavy atom. The summed E-state index contributed by atoms with van der Waals surface area (Å²) in [5.74, 6) is 0.592. The van der Waals surface area contributed by atoms with Crippen LogP contribution in [0.3, 0.4) is 0 Å². The van der Waals surface area contributed by atoms with E-state index in [2.05, 4.69) is 25.2 Å². The van der Waals surface area contributed by atoms with E-state index in [0.717, 1.165) is 5.75 Å². The number of esters is 1. The Morgan fingerprint density at radius 1 is 0.724 bits per heavy atom. The topological polar surface area (TPSA) is 26.3 Å². The van der Waals surface area contributed by atoms with Crippen molar-refractivity contribution in [3.63, 3.8) is 0 Å². The van der Waals surface area contributed by atoms with Crippen LogP contribution >= 0.6 is 11.8 Å². The minimum atomic E-state index is -0.252. The van der Waals surface area contributed by atoms with Crippen molar-refractivity contribution in [1.29, 1.82) is 0 Å². The largest absolute Gasteiger partial charge is 0.462 e. The van der Waals surface area contributed by atoms with Gasteiger partial charge in [0.25, 0.3) is 0 Å². The van der Waals surface area contributed by atoms with Crippen molar-refractivity contribution in [2.24, 2.45) is 0 Å². The second kappa shape index (κ2) is 22.5. The first-order valence-electron chi connectivity index (χ1n) is 11.1. The molecule has 0 aromatic heterocycles. The van der Waals surface area contributed by atoms with Gasteiger partial charge in [-0.15, -0.1) is 11.8 Å². The summed E-state index contributed by atoms with van der Waals surface area (Å²) < 4.78 is 5.04. The van der Waals surface area contributed by atoms with Gasteiger partial charge in [0.1, 0.15) is 0 Å². The molecule has 3 heteroatoms. The molecule has 0 spiro atoms. The standard InChI is InChI=1S/C26H40O2S/c1-4-7-8-9-10-11-12-13-14-15-16-17-18-19-20-21-22-23-24-25(29-6-3)26(27)28-5-2/h14-24H,4-13H2,1-3H3. The molecule has 0 N–H and O–H groups in total. The number of carbonyl (C=O) groups is 1. The van der Waals surface area contributed by atoms with Crippen LogP contribution in [0.15, 0.2) is 71.7 Å². The zero-order valence-corrected chi connectivity index (χ0v) is 19.5. The van der Waals surface area contributed by atoms with Crippen LogP contribution in [0.5, 0.6) is 0 Å². The van der Waals surface area contributed by atoms with Gasteiger partial charge in [-0.25, -0.2) is 4.79 Å². The fourth-order valence-corrected chi connectivity index (χ4v) is 3.18. The van der Waals surface area contributed by atoms with Gasteiger partial charge >= 0.3 is 5.97 Å². The van der Waals surface area contributed by atoms with E-state index >= 15 is 0 Å². The molecule has 0 atom stereocenters. The Morgan fingerprint density at radius 2 is 1.28 bits per heavy atom. The molecule has 0 aromatic carbocycles. The SMILES string of the molecule is CCCCCCCCCC=CC=CC=CC=CC=CC=C(SCC)C(=O)OCC. The zero-order valence-electron chi connectivity index (χ0n) is 18.6. The summed E-state index contributed by atoms with van der Waals surface area (Å²) in [7, 11) is 0. The number of hydrogen-bond acceptors (Lipinski definition) is 3. The summed E-state index contributed by atoms with van der Waals surface area (Å²) in [6, 6.07) is 0. The lowest BCUT2D eigenvalue weighted by Gasteiger charge is -2.03. The maximum absolute atomic E-state index is 11.8. The van der Waals surface area contributed by atoms with Crippen LogP contribution in [0.1, 0.15) is 72.1 Å². The van der Waals surface area contributed by atoms with E-state index in [1.165, 1.54) is 63.1 Å². The van der Waals surface area contributed by atoms with Gasteiger partial charge in [0.05, 0.1) is 11.5 Å². The number of ether oxygens (including phenoxy) is 1. The molecular weight excluding hydrogens is 376 g/mol. The quantitative estimate of drug-likeness (QED) is 0.104.